The second-order valence-corrected chi connectivity index (χ2v) is 6.32. The van der Waals surface area contributed by atoms with Crippen LogP contribution in [-0.4, -0.2) is 31.8 Å². The van der Waals surface area contributed by atoms with Crippen LogP contribution in [0.5, 0.6) is 0 Å². The van der Waals surface area contributed by atoms with Crippen molar-refractivity contribution in [3.05, 3.63) is 53.5 Å². The molecule has 0 aliphatic carbocycles. The molecule has 1 aromatic rings. The minimum Gasteiger partial charge on any atom is -0.393 e. The molecule has 0 amide bonds. The van der Waals surface area contributed by atoms with E-state index in [1.54, 1.807) is 42.5 Å². The molecule has 2 atom stereocenters. The largest absolute Gasteiger partial charge is 0.393 e. The van der Waals surface area contributed by atoms with Gasteiger partial charge in [-0.05, 0) is 24.3 Å². The van der Waals surface area contributed by atoms with Crippen molar-refractivity contribution < 1.29 is 18.3 Å². The Morgan fingerprint density at radius 3 is 2.61 bits per heavy atom. The van der Waals surface area contributed by atoms with Gasteiger partial charge in [-0.3, -0.25) is 0 Å². The van der Waals surface area contributed by atoms with E-state index in [-0.39, 0.29) is 16.4 Å². The highest BCUT2D eigenvalue weighted by Gasteiger charge is 2.46. The highest BCUT2D eigenvalue weighted by Crippen LogP contribution is 2.40. The molecule has 3 rings (SSSR count). The maximum Gasteiger partial charge on any atom is 0.205 e. The van der Waals surface area contributed by atoms with Crippen molar-refractivity contribution in [3.8, 4) is 0 Å². The molecule has 94 valence electrons. The number of hydrogen-bond donors (Lipinski definition) is 1. The van der Waals surface area contributed by atoms with Crippen molar-refractivity contribution in [2.45, 2.75) is 16.6 Å². The summed E-state index contributed by atoms with van der Waals surface area (Å²) in [7, 11) is -3.54. The van der Waals surface area contributed by atoms with Crippen LogP contribution < -0.4 is 0 Å². The first-order chi connectivity index (χ1) is 8.57. The van der Waals surface area contributed by atoms with Gasteiger partial charge in [-0.1, -0.05) is 24.3 Å². The van der Waals surface area contributed by atoms with Crippen LogP contribution in [0.25, 0.3) is 0 Å². The molecule has 5 heteroatoms. The van der Waals surface area contributed by atoms with Crippen LogP contribution in [-0.2, 0) is 14.6 Å². The molecule has 0 saturated heterocycles. The van der Waals surface area contributed by atoms with Crippen LogP contribution in [0.15, 0.2) is 58.4 Å². The molecule has 1 aromatic carbocycles. The van der Waals surface area contributed by atoms with E-state index in [0.717, 1.165) is 0 Å². The summed E-state index contributed by atoms with van der Waals surface area (Å²) >= 11 is 0. The average Bonchev–Trinajstić information content (AvgIpc) is 2.99. The monoisotopic (exact) mass is 264 g/mol. The topological polar surface area (TPSA) is 63.6 Å². The van der Waals surface area contributed by atoms with Crippen LogP contribution >= 0.6 is 0 Å². The summed E-state index contributed by atoms with van der Waals surface area (Å²) < 4.78 is 30.3. The zero-order valence-electron chi connectivity index (χ0n) is 9.48. The molecule has 18 heavy (non-hydrogen) atoms. The lowest BCUT2D eigenvalue weighted by molar-refractivity contribution is 0.00739. The van der Waals surface area contributed by atoms with Gasteiger partial charge in [-0.15, -0.1) is 0 Å². The van der Waals surface area contributed by atoms with Gasteiger partial charge in [0.05, 0.1) is 16.4 Å². The van der Waals surface area contributed by atoms with Crippen molar-refractivity contribution in [2.75, 3.05) is 6.61 Å². The summed E-state index contributed by atoms with van der Waals surface area (Å²) in [6.07, 6.45) is 4.29. The lowest BCUT2D eigenvalue weighted by Crippen LogP contribution is -2.26. The number of aliphatic hydroxyl groups is 1. The predicted octanol–water partition coefficient (Wildman–Crippen LogP) is 1.04. The molecule has 2 aliphatic heterocycles. The van der Waals surface area contributed by atoms with Gasteiger partial charge in [0.2, 0.25) is 9.84 Å². The van der Waals surface area contributed by atoms with Gasteiger partial charge in [0.15, 0.2) is 0 Å². The van der Waals surface area contributed by atoms with Crippen LogP contribution in [0.1, 0.15) is 0 Å². The summed E-state index contributed by atoms with van der Waals surface area (Å²) in [4.78, 5) is 0.458. The first-order valence-electron chi connectivity index (χ1n) is 5.58. The normalized spacial score (nSPS) is 29.6. The summed E-state index contributed by atoms with van der Waals surface area (Å²) in [5.41, 5.74) is -0.956. The second kappa shape index (κ2) is 3.78. The van der Waals surface area contributed by atoms with Gasteiger partial charge >= 0.3 is 0 Å². The number of rotatable bonds is 3. The number of sulfone groups is 1. The standard InChI is InChI=1S/C13H12O4S/c14-9-13-7-6-11(17-13)12(8-13)18(15,16)10-4-2-1-3-5-10/h1-8,11,14H,9H2/t11-,13+/m0/s1. The molecule has 0 aromatic heterocycles. The molecule has 0 saturated carbocycles. The maximum absolute atomic E-state index is 12.4. The third-order valence-corrected chi connectivity index (χ3v) is 5.04. The van der Waals surface area contributed by atoms with Gasteiger partial charge in [0, 0.05) is 0 Å². The predicted molar refractivity (Wildman–Crippen MR) is 65.5 cm³/mol. The Balaban J connectivity index is 2.06. The number of hydrogen-bond acceptors (Lipinski definition) is 4. The quantitative estimate of drug-likeness (QED) is 0.829. The molecule has 0 spiro atoms. The van der Waals surface area contributed by atoms with E-state index in [1.165, 1.54) is 6.08 Å². The Morgan fingerprint density at radius 1 is 1.28 bits per heavy atom. The summed E-state index contributed by atoms with van der Waals surface area (Å²) in [6, 6.07) is 8.23. The molecular weight excluding hydrogens is 252 g/mol. The zero-order valence-corrected chi connectivity index (χ0v) is 10.3. The highest BCUT2D eigenvalue weighted by molar-refractivity contribution is 7.95. The first kappa shape index (κ1) is 11.6. The summed E-state index contributed by atoms with van der Waals surface area (Å²) in [6.45, 7) is -0.256. The molecule has 0 radical (unpaired) electrons. The van der Waals surface area contributed by atoms with Crippen molar-refractivity contribution in [1.82, 2.24) is 0 Å². The molecule has 2 aliphatic rings. The third-order valence-electron chi connectivity index (χ3n) is 3.18. The lowest BCUT2D eigenvalue weighted by Gasteiger charge is -2.15. The molecule has 4 nitrogen and oxygen atoms in total. The molecule has 0 fully saturated rings. The van der Waals surface area contributed by atoms with Crippen molar-refractivity contribution >= 4 is 9.84 Å². The van der Waals surface area contributed by atoms with Gasteiger partial charge in [-0.25, -0.2) is 8.42 Å². The lowest BCUT2D eigenvalue weighted by atomic mass is 10.0. The Bertz CT molecular complexity index is 630. The first-order valence-corrected chi connectivity index (χ1v) is 7.07. The fourth-order valence-electron chi connectivity index (χ4n) is 2.23. The van der Waals surface area contributed by atoms with Gasteiger partial charge in [0.1, 0.15) is 11.7 Å². The summed E-state index contributed by atoms with van der Waals surface area (Å²) in [5, 5.41) is 9.28. The summed E-state index contributed by atoms with van der Waals surface area (Å²) in [5.74, 6) is 0. The van der Waals surface area contributed by atoms with E-state index in [1.807, 2.05) is 0 Å². The molecule has 1 N–H and O–H groups in total. The third kappa shape index (κ3) is 1.55. The van der Waals surface area contributed by atoms with Gasteiger partial charge < -0.3 is 9.84 Å². The van der Waals surface area contributed by atoms with E-state index >= 15 is 0 Å². The van der Waals surface area contributed by atoms with Crippen LogP contribution in [0, 0.1) is 0 Å². The van der Waals surface area contributed by atoms with E-state index in [9.17, 15) is 13.5 Å². The molecular formula is C13H12O4S. The maximum atomic E-state index is 12.4. The van der Waals surface area contributed by atoms with Crippen LogP contribution in [0.4, 0.5) is 0 Å². The minimum absolute atomic E-state index is 0.213. The fraction of sp³-hybridized carbons (Fsp3) is 0.231. The van der Waals surface area contributed by atoms with E-state index in [4.69, 9.17) is 4.74 Å². The van der Waals surface area contributed by atoms with Crippen molar-refractivity contribution in [1.29, 1.82) is 0 Å². The average molecular weight is 264 g/mol. The zero-order chi connectivity index (χ0) is 12.8. The van der Waals surface area contributed by atoms with Gasteiger partial charge in [0.25, 0.3) is 0 Å². The number of aliphatic hydroxyl groups excluding tert-OH is 1. The Hall–Kier alpha value is -1.43. The van der Waals surface area contributed by atoms with Crippen molar-refractivity contribution in [2.24, 2.45) is 0 Å². The van der Waals surface area contributed by atoms with E-state index in [2.05, 4.69) is 0 Å². The molecule has 2 bridgehead atoms. The number of fused-ring (bicyclic) bond motifs is 2. The van der Waals surface area contributed by atoms with Gasteiger partial charge in [-0.2, -0.15) is 0 Å². The number of benzene rings is 1. The van der Waals surface area contributed by atoms with Crippen LogP contribution in [0.2, 0.25) is 0 Å². The Labute approximate surface area is 105 Å². The van der Waals surface area contributed by atoms with E-state index < -0.39 is 21.5 Å². The Morgan fingerprint density at radius 2 is 2.00 bits per heavy atom. The Kier molecular flexibility index (Phi) is 2.45. The number of ether oxygens (including phenoxy) is 1. The smallest absolute Gasteiger partial charge is 0.205 e. The molecule has 2 heterocycles. The van der Waals surface area contributed by atoms with E-state index in [0.29, 0.717) is 0 Å². The second-order valence-electron chi connectivity index (χ2n) is 4.37. The van der Waals surface area contributed by atoms with Crippen molar-refractivity contribution in [3.63, 3.8) is 0 Å². The highest BCUT2D eigenvalue weighted by atomic mass is 32.2. The fourth-order valence-corrected chi connectivity index (χ4v) is 3.80. The SMILES string of the molecule is O=S(=O)(C1=C[C@@]2(CO)C=C[C@@H]1O2)c1ccccc1. The van der Waals surface area contributed by atoms with Crippen LogP contribution in [0.3, 0.4) is 0 Å². The minimum atomic E-state index is -3.54. The molecule has 0 unspecified atom stereocenters.